The van der Waals surface area contributed by atoms with Crippen LogP contribution in [0.25, 0.3) is 0 Å². The van der Waals surface area contributed by atoms with Crippen molar-refractivity contribution in [3.63, 3.8) is 0 Å². The molecule has 0 aromatic heterocycles. The first-order valence-corrected chi connectivity index (χ1v) is 7.86. The maximum Gasteiger partial charge on any atom is 0.320 e. The molecule has 8 heteroatoms. The SMILES string of the molecule is CCC(CC)C[C@H](NC(C)=O)[C@@H]1N[C@@H](C(=O)O)C[C@H]1C=NO.Cl. The number of hydrogen-bond donors (Lipinski definition) is 4. The lowest BCUT2D eigenvalue weighted by Crippen LogP contribution is -2.52. The molecule has 0 aromatic rings. The van der Waals surface area contributed by atoms with Gasteiger partial charge in [-0.3, -0.25) is 14.9 Å². The highest BCUT2D eigenvalue weighted by atomic mass is 35.5. The zero-order chi connectivity index (χ0) is 16.7. The fourth-order valence-electron chi connectivity index (χ4n) is 3.21. The third-order valence-corrected chi connectivity index (χ3v) is 4.48. The Morgan fingerprint density at radius 1 is 1.39 bits per heavy atom. The van der Waals surface area contributed by atoms with Crippen LogP contribution in [0.3, 0.4) is 0 Å². The first kappa shape index (κ1) is 21.7. The quantitative estimate of drug-likeness (QED) is 0.302. The van der Waals surface area contributed by atoms with Gasteiger partial charge in [0.05, 0.1) is 0 Å². The Balaban J connectivity index is 0.00000484. The molecule has 134 valence electrons. The number of aliphatic carboxylic acids is 1. The molecule has 1 rings (SSSR count). The zero-order valence-corrected chi connectivity index (χ0v) is 14.7. The Morgan fingerprint density at radius 3 is 2.43 bits per heavy atom. The number of carboxylic acid groups (broad SMARTS) is 1. The maximum absolute atomic E-state index is 11.5. The van der Waals surface area contributed by atoms with E-state index in [1.165, 1.54) is 13.1 Å². The largest absolute Gasteiger partial charge is 0.480 e. The first-order valence-electron chi connectivity index (χ1n) is 7.86. The minimum atomic E-state index is -0.928. The lowest BCUT2D eigenvalue weighted by Gasteiger charge is -2.30. The van der Waals surface area contributed by atoms with Crippen molar-refractivity contribution in [2.75, 3.05) is 0 Å². The van der Waals surface area contributed by atoms with Gasteiger partial charge in [0, 0.05) is 31.1 Å². The predicted octanol–water partition coefficient (Wildman–Crippen LogP) is 1.63. The topological polar surface area (TPSA) is 111 Å². The third-order valence-electron chi connectivity index (χ3n) is 4.48. The normalized spacial score (nSPS) is 25.3. The van der Waals surface area contributed by atoms with Crippen LogP contribution in [0, 0.1) is 11.8 Å². The average Bonchev–Trinajstić information content (AvgIpc) is 2.87. The molecular weight excluding hydrogens is 322 g/mol. The van der Waals surface area contributed by atoms with Crippen LogP contribution in [0.15, 0.2) is 5.16 Å². The van der Waals surface area contributed by atoms with Crippen molar-refractivity contribution < 1.29 is 19.9 Å². The number of carbonyl (C=O) groups is 2. The van der Waals surface area contributed by atoms with Gasteiger partial charge in [0.15, 0.2) is 0 Å². The lowest BCUT2D eigenvalue weighted by molar-refractivity contribution is -0.139. The highest BCUT2D eigenvalue weighted by Gasteiger charge is 2.41. The number of rotatable bonds is 8. The summed E-state index contributed by atoms with van der Waals surface area (Å²) in [5.41, 5.74) is 0. The van der Waals surface area contributed by atoms with Gasteiger partial charge in [-0.2, -0.15) is 0 Å². The second kappa shape index (κ2) is 10.4. The van der Waals surface area contributed by atoms with E-state index < -0.39 is 12.0 Å². The second-order valence-electron chi connectivity index (χ2n) is 5.97. The standard InChI is InChI=1S/C15H27N3O4.ClH/c1-4-10(5-2)6-12(17-9(3)19)14-11(8-16-22)7-13(18-14)15(20)21;/h8,10-14,18,22H,4-7H2,1-3H3,(H,17,19)(H,20,21);1H/t11-,12-,13+,14+;/m0./s1. The number of nitrogens with one attached hydrogen (secondary N) is 2. The molecule has 0 saturated carbocycles. The summed E-state index contributed by atoms with van der Waals surface area (Å²) in [6.45, 7) is 5.67. The highest BCUT2D eigenvalue weighted by molar-refractivity contribution is 5.85. The van der Waals surface area contributed by atoms with E-state index in [1.54, 1.807) is 0 Å². The Kier molecular flexibility index (Phi) is 9.83. The summed E-state index contributed by atoms with van der Waals surface area (Å²) in [6, 6.07) is -1.12. The lowest BCUT2D eigenvalue weighted by atomic mass is 9.86. The highest BCUT2D eigenvalue weighted by Crippen LogP contribution is 2.26. The number of carbonyl (C=O) groups excluding carboxylic acids is 1. The van der Waals surface area contributed by atoms with E-state index in [0.717, 1.165) is 19.3 Å². The Hall–Kier alpha value is -1.34. The summed E-state index contributed by atoms with van der Waals surface area (Å²) in [5.74, 6) is -0.842. The summed E-state index contributed by atoms with van der Waals surface area (Å²) in [5, 5.41) is 27.1. The van der Waals surface area contributed by atoms with Crippen LogP contribution in [0.2, 0.25) is 0 Å². The summed E-state index contributed by atoms with van der Waals surface area (Å²) >= 11 is 0. The molecule has 0 aliphatic carbocycles. The van der Waals surface area contributed by atoms with Crippen LogP contribution in [0.4, 0.5) is 0 Å². The molecule has 0 bridgehead atoms. The van der Waals surface area contributed by atoms with Gasteiger partial charge in [0.1, 0.15) is 6.04 Å². The van der Waals surface area contributed by atoms with Crippen molar-refractivity contribution in [3.8, 4) is 0 Å². The first-order chi connectivity index (χ1) is 10.4. The Morgan fingerprint density at radius 2 is 2.00 bits per heavy atom. The van der Waals surface area contributed by atoms with Crippen molar-refractivity contribution >= 4 is 30.5 Å². The molecule has 4 N–H and O–H groups in total. The predicted molar refractivity (Wildman–Crippen MR) is 90.3 cm³/mol. The van der Waals surface area contributed by atoms with E-state index in [-0.39, 0.29) is 36.3 Å². The second-order valence-corrected chi connectivity index (χ2v) is 5.97. The molecule has 0 unspecified atom stereocenters. The van der Waals surface area contributed by atoms with Crippen LogP contribution >= 0.6 is 12.4 Å². The summed E-state index contributed by atoms with van der Waals surface area (Å²) in [7, 11) is 0. The van der Waals surface area contributed by atoms with Gasteiger partial charge in [0.2, 0.25) is 5.91 Å². The molecule has 0 spiro atoms. The molecule has 1 amide bonds. The molecule has 1 aliphatic rings. The van der Waals surface area contributed by atoms with Crippen molar-refractivity contribution in [2.24, 2.45) is 17.0 Å². The summed E-state index contributed by atoms with van der Waals surface area (Å²) < 4.78 is 0. The van der Waals surface area contributed by atoms with E-state index in [4.69, 9.17) is 5.21 Å². The van der Waals surface area contributed by atoms with Crippen LogP contribution < -0.4 is 10.6 Å². The number of hydrogen-bond acceptors (Lipinski definition) is 5. The molecule has 1 heterocycles. The van der Waals surface area contributed by atoms with Gasteiger partial charge in [-0.15, -0.1) is 17.6 Å². The van der Waals surface area contributed by atoms with Crippen LogP contribution in [0.1, 0.15) is 46.5 Å². The van der Waals surface area contributed by atoms with Gasteiger partial charge in [-0.1, -0.05) is 26.7 Å². The number of carboxylic acids is 1. The number of halogens is 1. The van der Waals surface area contributed by atoms with Gasteiger partial charge in [0.25, 0.3) is 0 Å². The van der Waals surface area contributed by atoms with E-state index >= 15 is 0 Å². The van der Waals surface area contributed by atoms with E-state index in [9.17, 15) is 14.7 Å². The molecule has 1 saturated heterocycles. The minimum absolute atomic E-state index is 0. The fraction of sp³-hybridized carbons (Fsp3) is 0.800. The molecule has 0 aromatic carbocycles. The van der Waals surface area contributed by atoms with Crippen molar-refractivity contribution in [3.05, 3.63) is 0 Å². The monoisotopic (exact) mass is 349 g/mol. The van der Waals surface area contributed by atoms with E-state index in [0.29, 0.717) is 12.3 Å². The van der Waals surface area contributed by atoms with Crippen LogP contribution in [-0.4, -0.2) is 46.5 Å². The summed E-state index contributed by atoms with van der Waals surface area (Å²) in [6.07, 6.45) is 4.48. The number of nitrogens with zero attached hydrogens (tertiary/aromatic N) is 1. The minimum Gasteiger partial charge on any atom is -0.480 e. The van der Waals surface area contributed by atoms with E-state index in [2.05, 4.69) is 29.6 Å². The summed E-state index contributed by atoms with van der Waals surface area (Å²) in [4.78, 5) is 22.7. The van der Waals surface area contributed by atoms with Crippen molar-refractivity contribution in [2.45, 2.75) is 64.6 Å². The van der Waals surface area contributed by atoms with Gasteiger partial charge < -0.3 is 15.6 Å². The van der Waals surface area contributed by atoms with E-state index in [1.807, 2.05) is 0 Å². The Labute approximate surface area is 143 Å². The van der Waals surface area contributed by atoms with Crippen LogP contribution in [0.5, 0.6) is 0 Å². The van der Waals surface area contributed by atoms with Crippen molar-refractivity contribution in [1.29, 1.82) is 0 Å². The van der Waals surface area contributed by atoms with Gasteiger partial charge >= 0.3 is 5.97 Å². The maximum atomic E-state index is 11.5. The molecular formula is C15H28ClN3O4. The number of oxime groups is 1. The molecule has 23 heavy (non-hydrogen) atoms. The van der Waals surface area contributed by atoms with Crippen molar-refractivity contribution in [1.82, 2.24) is 10.6 Å². The average molecular weight is 350 g/mol. The zero-order valence-electron chi connectivity index (χ0n) is 13.9. The molecule has 4 atom stereocenters. The molecule has 0 radical (unpaired) electrons. The number of amides is 1. The molecule has 7 nitrogen and oxygen atoms in total. The molecule has 1 fully saturated rings. The smallest absolute Gasteiger partial charge is 0.320 e. The fourth-order valence-corrected chi connectivity index (χ4v) is 3.21. The Bertz CT molecular complexity index is 416. The molecule has 1 aliphatic heterocycles. The van der Waals surface area contributed by atoms with Gasteiger partial charge in [-0.25, -0.2) is 0 Å². The van der Waals surface area contributed by atoms with Gasteiger partial charge in [-0.05, 0) is 18.8 Å². The third kappa shape index (κ3) is 6.35. The van der Waals surface area contributed by atoms with Crippen LogP contribution in [-0.2, 0) is 9.59 Å².